The fourth-order valence-corrected chi connectivity index (χ4v) is 3.50. The first-order chi connectivity index (χ1) is 11.3. The van der Waals surface area contributed by atoms with Crippen LogP contribution in [0.4, 0.5) is 0 Å². The molecule has 1 aromatic carbocycles. The molecule has 5 heteroatoms. The molecule has 2 heterocycles. The van der Waals surface area contributed by atoms with Gasteiger partial charge in [-0.15, -0.1) is 17.3 Å². The van der Waals surface area contributed by atoms with Crippen LogP contribution in [-0.2, 0) is 5.88 Å². The maximum atomic E-state index is 5.71. The van der Waals surface area contributed by atoms with E-state index in [0.29, 0.717) is 11.8 Å². The van der Waals surface area contributed by atoms with Crippen molar-refractivity contribution in [1.82, 2.24) is 15.1 Å². The Morgan fingerprint density at radius 1 is 1.26 bits per heavy atom. The van der Waals surface area contributed by atoms with E-state index in [9.17, 15) is 0 Å². The highest BCUT2D eigenvalue weighted by Gasteiger charge is 2.51. The van der Waals surface area contributed by atoms with Crippen molar-refractivity contribution in [1.29, 1.82) is 0 Å². The molecule has 0 unspecified atom stereocenters. The molecule has 0 saturated heterocycles. The summed E-state index contributed by atoms with van der Waals surface area (Å²) in [4.78, 5) is 8.52. The number of hydrogen-bond acceptors (Lipinski definition) is 4. The lowest BCUT2D eigenvalue weighted by Gasteiger charge is -2.05. The van der Waals surface area contributed by atoms with E-state index in [-0.39, 0.29) is 11.8 Å². The Hall–Kier alpha value is -2.42. The number of halogens is 1. The summed E-state index contributed by atoms with van der Waals surface area (Å²) in [7, 11) is 0. The molecule has 2 aromatic heterocycles. The van der Waals surface area contributed by atoms with Gasteiger partial charge in [0.1, 0.15) is 5.88 Å². The summed E-state index contributed by atoms with van der Waals surface area (Å²) in [6.07, 6.45) is 4.70. The van der Waals surface area contributed by atoms with Crippen molar-refractivity contribution >= 4 is 27.9 Å². The van der Waals surface area contributed by atoms with Gasteiger partial charge in [0.2, 0.25) is 5.89 Å². The minimum atomic E-state index is 0.260. The second kappa shape index (κ2) is 4.79. The number of pyridine rings is 1. The monoisotopic (exact) mass is 321 g/mol. The van der Waals surface area contributed by atoms with Crippen molar-refractivity contribution in [3.63, 3.8) is 0 Å². The molecule has 112 valence electrons. The van der Waals surface area contributed by atoms with Crippen LogP contribution in [0.5, 0.6) is 0 Å². The van der Waals surface area contributed by atoms with Crippen LogP contribution in [0.3, 0.4) is 0 Å². The highest BCUT2D eigenvalue weighted by atomic mass is 35.5. The smallest absolute Gasteiger partial charge is 0.241 e. The molecule has 3 aromatic rings. The van der Waals surface area contributed by atoms with Gasteiger partial charge in [-0.1, -0.05) is 17.3 Å². The molecule has 0 spiro atoms. The minimum Gasteiger partial charge on any atom is -0.338 e. The van der Waals surface area contributed by atoms with Crippen molar-refractivity contribution < 1.29 is 4.52 Å². The zero-order valence-corrected chi connectivity index (χ0v) is 12.9. The predicted octanol–water partition coefficient (Wildman–Crippen LogP) is 4.08. The van der Waals surface area contributed by atoms with Crippen LogP contribution in [0.1, 0.15) is 29.6 Å². The van der Waals surface area contributed by atoms with Crippen molar-refractivity contribution in [3.8, 4) is 0 Å². The van der Waals surface area contributed by atoms with Gasteiger partial charge in [-0.2, -0.15) is 4.98 Å². The van der Waals surface area contributed by atoms with Crippen LogP contribution in [0.25, 0.3) is 16.3 Å². The van der Waals surface area contributed by atoms with Gasteiger partial charge in [0, 0.05) is 29.3 Å². The average Bonchev–Trinajstić information content (AvgIpc) is 2.99. The van der Waals surface area contributed by atoms with Crippen LogP contribution in [-0.4, -0.2) is 15.1 Å². The Morgan fingerprint density at radius 2 is 2.22 bits per heavy atom. The standard InChI is InChI=1S/C18H12ClN3O/c19-8-16-21-18(22-23-16)17-14-6-12(7-15(14)17)11-2-1-10-3-4-20-9-13(10)5-11/h1-5,9,14,17H,6,8H2/t14-,17+/m1/s1. The molecule has 0 bridgehead atoms. The van der Waals surface area contributed by atoms with Gasteiger partial charge >= 0.3 is 0 Å². The first-order valence-corrected chi connectivity index (χ1v) is 8.09. The third kappa shape index (κ3) is 2.03. The summed E-state index contributed by atoms with van der Waals surface area (Å²) in [5, 5.41) is 6.39. The molecular formula is C18H12ClN3O. The quantitative estimate of drug-likeness (QED) is 0.538. The highest BCUT2D eigenvalue weighted by molar-refractivity contribution is 6.16. The number of hydrogen-bond donors (Lipinski definition) is 0. The Morgan fingerprint density at radius 3 is 3.00 bits per heavy atom. The minimum absolute atomic E-state index is 0.260. The summed E-state index contributed by atoms with van der Waals surface area (Å²) >= 11 is 5.71. The zero-order valence-electron chi connectivity index (χ0n) is 12.2. The van der Waals surface area contributed by atoms with E-state index < -0.39 is 0 Å². The number of rotatable bonds is 3. The SMILES string of the molecule is ClCc1nc([C@@H]2C3=C=C(c4ccc5ccncc5c4)C[C@H]32)no1. The molecule has 4 nitrogen and oxygen atoms in total. The number of nitrogens with zero attached hydrogens (tertiary/aromatic N) is 3. The summed E-state index contributed by atoms with van der Waals surface area (Å²) in [5.74, 6) is 2.22. The molecule has 1 fully saturated rings. The molecule has 23 heavy (non-hydrogen) atoms. The maximum absolute atomic E-state index is 5.71. The van der Waals surface area contributed by atoms with Crippen molar-refractivity contribution in [2.75, 3.05) is 0 Å². The van der Waals surface area contributed by atoms with Gasteiger partial charge in [0.05, 0.1) is 5.92 Å². The topological polar surface area (TPSA) is 51.8 Å². The fourth-order valence-electron chi connectivity index (χ4n) is 3.39. The van der Waals surface area contributed by atoms with Crippen LogP contribution in [0.2, 0.25) is 0 Å². The van der Waals surface area contributed by atoms with E-state index in [4.69, 9.17) is 16.1 Å². The lowest BCUT2D eigenvalue weighted by molar-refractivity contribution is 0.384. The van der Waals surface area contributed by atoms with Gasteiger partial charge in [-0.3, -0.25) is 4.98 Å². The first-order valence-electron chi connectivity index (χ1n) is 7.55. The van der Waals surface area contributed by atoms with Gasteiger partial charge in [0.15, 0.2) is 5.82 Å². The molecule has 0 N–H and O–H groups in total. The normalized spacial score (nSPS) is 22.0. The van der Waals surface area contributed by atoms with E-state index in [1.54, 1.807) is 0 Å². The lowest BCUT2D eigenvalue weighted by atomic mass is 9.99. The largest absolute Gasteiger partial charge is 0.338 e. The molecule has 0 radical (unpaired) electrons. The van der Waals surface area contributed by atoms with E-state index in [2.05, 4.69) is 39.1 Å². The van der Waals surface area contributed by atoms with Crippen LogP contribution in [0.15, 0.2) is 52.5 Å². The van der Waals surface area contributed by atoms with E-state index >= 15 is 0 Å². The van der Waals surface area contributed by atoms with Gasteiger partial charge in [-0.25, -0.2) is 0 Å². The van der Waals surface area contributed by atoms with Crippen LogP contribution < -0.4 is 0 Å². The summed E-state index contributed by atoms with van der Waals surface area (Å²) in [6.45, 7) is 0. The Labute approximate surface area is 137 Å². The number of benzene rings is 1. The Balaban J connectivity index is 1.49. The molecule has 2 atom stereocenters. The van der Waals surface area contributed by atoms with Crippen LogP contribution >= 0.6 is 11.6 Å². The van der Waals surface area contributed by atoms with Crippen molar-refractivity contribution in [2.45, 2.75) is 18.2 Å². The van der Waals surface area contributed by atoms with Gasteiger partial charge in [-0.05, 0) is 35.1 Å². The van der Waals surface area contributed by atoms with E-state index in [1.807, 2.05) is 18.5 Å². The molecule has 5 rings (SSSR count). The fraction of sp³-hybridized carbons (Fsp3) is 0.222. The second-order valence-corrected chi connectivity index (χ2v) is 6.23. The number of alkyl halides is 1. The highest BCUT2D eigenvalue weighted by Crippen LogP contribution is 2.59. The molecule has 0 aliphatic heterocycles. The van der Waals surface area contributed by atoms with Gasteiger partial charge < -0.3 is 4.52 Å². The van der Waals surface area contributed by atoms with Gasteiger partial charge in [0.25, 0.3) is 0 Å². The van der Waals surface area contributed by atoms with Crippen molar-refractivity contribution in [2.24, 2.45) is 5.92 Å². The van der Waals surface area contributed by atoms with Crippen LogP contribution in [0, 0.1) is 5.92 Å². The third-order valence-electron chi connectivity index (χ3n) is 4.61. The molecular weight excluding hydrogens is 310 g/mol. The molecule has 1 saturated carbocycles. The number of aromatic nitrogens is 3. The molecule has 2 aliphatic rings. The van der Waals surface area contributed by atoms with E-state index in [1.165, 1.54) is 22.1 Å². The number of allylic oxidation sites excluding steroid dienone is 1. The lowest BCUT2D eigenvalue weighted by Crippen LogP contribution is -1.91. The zero-order chi connectivity index (χ0) is 15.4. The second-order valence-electron chi connectivity index (χ2n) is 5.96. The predicted molar refractivity (Wildman–Crippen MR) is 86.9 cm³/mol. The summed E-state index contributed by atoms with van der Waals surface area (Å²) < 4.78 is 5.09. The molecule has 0 amide bonds. The summed E-state index contributed by atoms with van der Waals surface area (Å²) in [6, 6.07) is 8.51. The number of fused-ring (bicyclic) bond motifs is 2. The Bertz CT molecular complexity index is 1000. The first kappa shape index (κ1) is 13.1. The maximum Gasteiger partial charge on any atom is 0.241 e. The van der Waals surface area contributed by atoms with Crippen molar-refractivity contribution in [3.05, 3.63) is 65.2 Å². The molecule has 2 aliphatic carbocycles. The third-order valence-corrected chi connectivity index (χ3v) is 4.84. The Kier molecular flexibility index (Phi) is 2.72. The summed E-state index contributed by atoms with van der Waals surface area (Å²) in [5.41, 5.74) is 7.31. The average molecular weight is 322 g/mol. The van der Waals surface area contributed by atoms with E-state index in [0.717, 1.165) is 17.6 Å².